The van der Waals surface area contributed by atoms with Crippen LogP contribution in [-0.2, 0) is 9.59 Å². The number of likely N-dealkylation sites (tertiary alicyclic amines) is 1. The van der Waals surface area contributed by atoms with Gasteiger partial charge in [-0.2, -0.15) is 0 Å². The van der Waals surface area contributed by atoms with Gasteiger partial charge in [-0.3, -0.25) is 14.5 Å². The van der Waals surface area contributed by atoms with Crippen molar-refractivity contribution in [3.63, 3.8) is 0 Å². The van der Waals surface area contributed by atoms with Gasteiger partial charge in [0.05, 0.1) is 6.54 Å². The summed E-state index contributed by atoms with van der Waals surface area (Å²) in [4.78, 5) is 30.5. The van der Waals surface area contributed by atoms with Gasteiger partial charge in [-0.15, -0.1) is 0 Å². The number of carbonyl (C=O) groups excluding carboxylic acids is 2. The van der Waals surface area contributed by atoms with Crippen LogP contribution in [0.3, 0.4) is 0 Å². The Bertz CT molecular complexity index is 578. The summed E-state index contributed by atoms with van der Waals surface area (Å²) in [5, 5.41) is 6.72. The number of aromatic nitrogens is 1. The van der Waals surface area contributed by atoms with Crippen molar-refractivity contribution in [1.29, 1.82) is 0 Å². The molecule has 0 aromatic carbocycles. The van der Waals surface area contributed by atoms with Crippen LogP contribution in [0.2, 0.25) is 0 Å². The lowest BCUT2D eigenvalue weighted by Gasteiger charge is -2.38. The van der Waals surface area contributed by atoms with Gasteiger partial charge in [0.2, 0.25) is 11.8 Å². The highest BCUT2D eigenvalue weighted by Gasteiger charge is 2.26. The van der Waals surface area contributed by atoms with E-state index in [9.17, 15) is 9.59 Å². The minimum Gasteiger partial charge on any atom is -0.355 e. The van der Waals surface area contributed by atoms with Gasteiger partial charge in [0.15, 0.2) is 0 Å². The quantitative estimate of drug-likeness (QED) is 0.265. The number of pyridine rings is 1. The average molecular weight is 415 g/mol. The number of amides is 2. The third kappa shape index (κ3) is 8.53. The molecule has 1 aromatic heterocycles. The Balaban J connectivity index is 1.50. The van der Waals surface area contributed by atoms with E-state index in [1.807, 2.05) is 18.2 Å². The van der Waals surface area contributed by atoms with Crippen molar-refractivity contribution >= 4 is 33.4 Å². The van der Waals surface area contributed by atoms with Gasteiger partial charge >= 0.3 is 0 Å². The molecule has 0 unspecified atom stereocenters. The van der Waals surface area contributed by atoms with Crippen LogP contribution in [0.4, 0.5) is 0 Å². The molecule has 2 N–H and O–H groups in total. The minimum absolute atomic E-state index is 0.00529. The fourth-order valence-electron chi connectivity index (χ4n) is 3.14. The number of piperidine rings is 1. The minimum atomic E-state index is -0.0292. The van der Waals surface area contributed by atoms with E-state index < -0.39 is 0 Å². The molecule has 0 spiro atoms. The van der Waals surface area contributed by atoms with E-state index in [4.69, 9.17) is 0 Å². The van der Waals surface area contributed by atoms with Crippen LogP contribution in [0.25, 0.3) is 0 Å². The average Bonchev–Trinajstić information content (AvgIpc) is 2.65. The van der Waals surface area contributed by atoms with Gasteiger partial charge in [0.1, 0.15) is 5.03 Å². The lowest BCUT2D eigenvalue weighted by molar-refractivity contribution is -0.124. The van der Waals surface area contributed by atoms with Crippen molar-refractivity contribution in [2.45, 2.75) is 56.6 Å². The first-order valence-corrected chi connectivity index (χ1v) is 11.9. The number of rotatable bonds is 10. The maximum Gasteiger partial charge on any atom is 0.234 e. The molecule has 1 aliphatic heterocycles. The smallest absolute Gasteiger partial charge is 0.234 e. The summed E-state index contributed by atoms with van der Waals surface area (Å²) in [6, 6.07) is 6.71. The fourth-order valence-corrected chi connectivity index (χ4v) is 4.93. The molecule has 8 heteroatoms. The molecule has 2 heterocycles. The van der Waals surface area contributed by atoms with Crippen LogP contribution in [-0.4, -0.2) is 59.2 Å². The molecule has 0 aliphatic carbocycles. The normalized spacial score (nSPS) is 20.2. The molecule has 1 aliphatic rings. The summed E-state index contributed by atoms with van der Waals surface area (Å²) in [5.41, 5.74) is 0. The van der Waals surface area contributed by atoms with Crippen molar-refractivity contribution in [2.24, 2.45) is 0 Å². The first-order chi connectivity index (χ1) is 13.1. The molecule has 1 saturated heterocycles. The first kappa shape index (κ1) is 22.0. The standard InChI is InChI=1S/C19H30N4O2S2/c1-15-6-5-7-16(2)23(15)14-18(25)20-11-9-17(24)21-12-13-26-27-19-8-3-4-10-22-19/h3-4,8,10,15-16H,5-7,9,11-14H2,1-2H3,(H,20,25)(H,21,24)/t15-,16+/i1+1,14+1,18+1,20+1/m0/s1. The molecule has 2 rings (SSSR count). The highest BCUT2D eigenvalue weighted by Crippen LogP contribution is 2.28. The van der Waals surface area contributed by atoms with Crippen molar-refractivity contribution < 1.29 is 9.59 Å². The molecule has 27 heavy (non-hydrogen) atoms. The van der Waals surface area contributed by atoms with Gasteiger partial charge in [-0.05, 0) is 49.6 Å². The molecule has 1 fully saturated rings. The molecular formula is C19H30N4O2S2. The van der Waals surface area contributed by atoms with Gasteiger partial charge in [-0.25, -0.2) is 4.98 Å². The lowest BCUT2D eigenvalue weighted by atomic mass is 10.0. The highest BCUT2D eigenvalue weighted by atomic mass is 33.1. The van der Waals surface area contributed by atoms with Crippen LogP contribution in [0, 0.1) is 0 Å². The Kier molecular flexibility index (Phi) is 10.0. The summed E-state index contributed by atoms with van der Waals surface area (Å²) in [6.07, 6.45) is 5.62. The lowest BCUT2D eigenvalue weighted by Crippen LogP contribution is -2.49. The van der Waals surface area contributed by atoms with Crippen LogP contribution in [0.1, 0.15) is 39.5 Å². The number of nitrogens with zero attached hydrogens (tertiary/aromatic N) is 2. The van der Waals surface area contributed by atoms with Crippen LogP contribution in [0.5, 0.6) is 0 Å². The Morgan fingerprint density at radius 3 is 2.59 bits per heavy atom. The molecule has 150 valence electrons. The summed E-state index contributed by atoms with van der Waals surface area (Å²) >= 11 is 0. The molecule has 0 bridgehead atoms. The molecule has 2 amide bonds. The van der Waals surface area contributed by atoms with Crippen LogP contribution < -0.4 is 10.6 Å². The van der Waals surface area contributed by atoms with Gasteiger partial charge in [0, 0.05) is 43.5 Å². The zero-order valence-electron chi connectivity index (χ0n) is 16.1. The summed E-state index contributed by atoms with van der Waals surface area (Å²) in [7, 11) is 3.26. The van der Waals surface area contributed by atoms with Crippen molar-refractivity contribution in [3.05, 3.63) is 24.4 Å². The Labute approximate surface area is 170 Å². The largest absolute Gasteiger partial charge is 0.355 e. The van der Waals surface area contributed by atoms with Crippen molar-refractivity contribution in [2.75, 3.05) is 25.4 Å². The fraction of sp³-hybridized carbons (Fsp3) is 0.632. The van der Waals surface area contributed by atoms with Gasteiger partial charge < -0.3 is 10.6 Å². The molecule has 2 atom stereocenters. The van der Waals surface area contributed by atoms with Gasteiger partial charge in [-0.1, -0.05) is 23.3 Å². The summed E-state index contributed by atoms with van der Waals surface area (Å²) < 4.78 is 0. The summed E-state index contributed by atoms with van der Waals surface area (Å²) in [5.74, 6) is 0.786. The van der Waals surface area contributed by atoms with E-state index in [0.717, 1.165) is 23.6 Å². The zero-order chi connectivity index (χ0) is 19.5. The van der Waals surface area contributed by atoms with E-state index >= 15 is 0 Å². The van der Waals surface area contributed by atoms with E-state index in [0.29, 0.717) is 38.1 Å². The third-order valence-corrected chi connectivity index (χ3v) is 6.93. The molecule has 0 radical (unpaired) electrons. The monoisotopic (exact) mass is 414 g/mol. The first-order valence-electron chi connectivity index (χ1n) is 9.56. The van der Waals surface area contributed by atoms with E-state index in [-0.39, 0.29) is 11.8 Å². The van der Waals surface area contributed by atoms with Crippen molar-refractivity contribution in [3.8, 4) is 0 Å². The predicted octanol–water partition coefficient (Wildman–Crippen LogP) is 2.71. The Morgan fingerprint density at radius 1 is 1.15 bits per heavy atom. The zero-order valence-corrected chi connectivity index (χ0v) is 17.8. The molecule has 1 aromatic rings. The second-order valence-corrected chi connectivity index (χ2v) is 9.26. The van der Waals surface area contributed by atoms with Crippen LogP contribution in [0.15, 0.2) is 29.4 Å². The SMILES string of the molecule is C[C@@H]1CCC[C@H]([13CH3])N1[13CH2][13C](=O)[15NH]CCC(=O)NCCSSc1ccccn1. The van der Waals surface area contributed by atoms with Crippen molar-refractivity contribution in [1.82, 2.24) is 20.5 Å². The number of hydrogen-bond donors (Lipinski definition) is 2. The Hall–Kier alpha value is -1.25. The third-order valence-electron chi connectivity index (χ3n) is 4.67. The highest BCUT2D eigenvalue weighted by molar-refractivity contribution is 8.76. The Morgan fingerprint density at radius 2 is 1.89 bits per heavy atom. The van der Waals surface area contributed by atoms with E-state index in [1.54, 1.807) is 27.8 Å². The maximum atomic E-state index is 12.1. The number of hydrogen-bond acceptors (Lipinski definition) is 6. The topological polar surface area (TPSA) is 74.3 Å². The van der Waals surface area contributed by atoms with Crippen LogP contribution >= 0.6 is 21.6 Å². The van der Waals surface area contributed by atoms with E-state index in [2.05, 4.69) is 34.4 Å². The molecular weight excluding hydrogens is 384 g/mol. The maximum absolute atomic E-state index is 12.1. The summed E-state index contributed by atoms with van der Waals surface area (Å²) in [6.45, 7) is 5.78. The second-order valence-electron chi connectivity index (χ2n) is 6.82. The van der Waals surface area contributed by atoms with Gasteiger partial charge in [0.25, 0.3) is 0 Å². The number of nitrogens with one attached hydrogen (secondary N) is 2. The second kappa shape index (κ2) is 12.3. The molecule has 6 nitrogen and oxygen atoms in total. The number of carbonyl (C=O) groups is 2. The molecule has 0 saturated carbocycles. The van der Waals surface area contributed by atoms with E-state index in [1.165, 1.54) is 6.42 Å². The predicted molar refractivity (Wildman–Crippen MR) is 113 cm³/mol.